The molecule has 0 aromatic heterocycles. The molecule has 0 fully saturated rings. The Morgan fingerprint density at radius 2 is 2.12 bits per heavy atom. The van der Waals surface area contributed by atoms with Crippen molar-refractivity contribution in [2.45, 2.75) is 26.0 Å². The summed E-state index contributed by atoms with van der Waals surface area (Å²) in [6.07, 6.45) is 0.485. The highest BCUT2D eigenvalue weighted by molar-refractivity contribution is 5.37. The van der Waals surface area contributed by atoms with Crippen LogP contribution in [0.25, 0.3) is 0 Å². The van der Waals surface area contributed by atoms with Crippen LogP contribution in [0.2, 0.25) is 0 Å². The first kappa shape index (κ1) is 12.7. The van der Waals surface area contributed by atoms with Gasteiger partial charge in [0.15, 0.2) is 0 Å². The predicted octanol–water partition coefficient (Wildman–Crippen LogP) is 1.76. The summed E-state index contributed by atoms with van der Waals surface area (Å²) in [6, 6.07) is 9.81. The highest BCUT2D eigenvalue weighted by atomic mass is 16.3. The van der Waals surface area contributed by atoms with Crippen molar-refractivity contribution in [3.63, 3.8) is 0 Å². The molecule has 1 atom stereocenters. The van der Waals surface area contributed by atoms with E-state index in [0.29, 0.717) is 0 Å². The lowest BCUT2D eigenvalue weighted by Crippen LogP contribution is -2.22. The second-order valence-corrected chi connectivity index (χ2v) is 4.14. The van der Waals surface area contributed by atoms with Gasteiger partial charge in [-0.05, 0) is 32.0 Å². The Hall–Kier alpha value is -1.37. The number of aliphatic hydroxyl groups excluding tert-OH is 1. The molecule has 0 saturated carbocycles. The van der Waals surface area contributed by atoms with Crippen LogP contribution < -0.4 is 0 Å². The Bertz CT molecular complexity index is 368. The number of hydrogen-bond donors (Lipinski definition) is 1. The Labute approximate surface area is 96.9 Å². The summed E-state index contributed by atoms with van der Waals surface area (Å²) in [7, 11) is 2.00. The molecule has 0 aliphatic carbocycles. The lowest BCUT2D eigenvalue weighted by atomic mass is 10.1. The van der Waals surface area contributed by atoms with Gasteiger partial charge in [0.25, 0.3) is 0 Å². The first-order valence-electron chi connectivity index (χ1n) is 5.48. The molecule has 0 aliphatic heterocycles. The third-order valence-electron chi connectivity index (χ3n) is 2.51. The van der Waals surface area contributed by atoms with Crippen molar-refractivity contribution in [1.82, 2.24) is 4.90 Å². The van der Waals surface area contributed by atoms with Crippen molar-refractivity contribution in [2.75, 3.05) is 13.6 Å². The van der Waals surface area contributed by atoms with E-state index in [0.717, 1.165) is 30.6 Å². The molecule has 0 amide bonds. The minimum atomic E-state index is -0.270. The Balaban J connectivity index is 2.56. The summed E-state index contributed by atoms with van der Waals surface area (Å²) in [5.41, 5.74) is 1.77. The molecule has 0 saturated heterocycles. The Morgan fingerprint density at radius 1 is 1.44 bits per heavy atom. The van der Waals surface area contributed by atoms with E-state index in [1.165, 1.54) is 0 Å². The molecule has 0 radical (unpaired) electrons. The molecule has 0 heterocycles. The monoisotopic (exact) mass is 218 g/mol. The second-order valence-electron chi connectivity index (χ2n) is 4.14. The van der Waals surface area contributed by atoms with E-state index >= 15 is 0 Å². The van der Waals surface area contributed by atoms with E-state index < -0.39 is 0 Å². The third-order valence-corrected chi connectivity index (χ3v) is 2.51. The van der Waals surface area contributed by atoms with Gasteiger partial charge in [-0.25, -0.2) is 0 Å². The average Bonchev–Trinajstić information content (AvgIpc) is 2.27. The van der Waals surface area contributed by atoms with Gasteiger partial charge in [-0.15, -0.1) is 0 Å². The Morgan fingerprint density at radius 3 is 2.75 bits per heavy atom. The van der Waals surface area contributed by atoms with Gasteiger partial charge in [-0.3, -0.25) is 0 Å². The Kier molecular flexibility index (Phi) is 4.97. The zero-order valence-corrected chi connectivity index (χ0v) is 9.85. The zero-order chi connectivity index (χ0) is 12.0. The number of aliphatic hydroxyl groups is 1. The molecule has 3 heteroatoms. The van der Waals surface area contributed by atoms with E-state index in [4.69, 9.17) is 5.26 Å². The van der Waals surface area contributed by atoms with Crippen LogP contribution in [-0.4, -0.2) is 29.7 Å². The summed E-state index contributed by atoms with van der Waals surface area (Å²) < 4.78 is 0. The fraction of sp³-hybridized carbons (Fsp3) is 0.462. The molecule has 0 unspecified atom stereocenters. The number of nitrogens with zero attached hydrogens (tertiary/aromatic N) is 2. The maximum absolute atomic E-state index is 9.19. The molecule has 1 aromatic rings. The lowest BCUT2D eigenvalue weighted by Gasteiger charge is -2.18. The van der Waals surface area contributed by atoms with Crippen LogP contribution in [0, 0.1) is 11.3 Å². The number of rotatable bonds is 5. The quantitative estimate of drug-likeness (QED) is 0.819. The van der Waals surface area contributed by atoms with Crippen LogP contribution in [0.5, 0.6) is 0 Å². The van der Waals surface area contributed by atoms with Crippen molar-refractivity contribution in [3.8, 4) is 6.07 Å². The summed E-state index contributed by atoms with van der Waals surface area (Å²) in [5, 5.41) is 18.1. The summed E-state index contributed by atoms with van der Waals surface area (Å²) in [6.45, 7) is 3.37. The highest BCUT2D eigenvalue weighted by Crippen LogP contribution is 2.10. The molecule has 1 N–H and O–H groups in total. The SMILES string of the molecule is C[C@@H](O)CCN(C)Cc1ccccc1C#N. The second kappa shape index (κ2) is 6.26. The highest BCUT2D eigenvalue weighted by Gasteiger charge is 2.05. The van der Waals surface area contributed by atoms with Crippen LogP contribution in [0.15, 0.2) is 24.3 Å². The van der Waals surface area contributed by atoms with Gasteiger partial charge in [0, 0.05) is 13.1 Å². The van der Waals surface area contributed by atoms with Crippen LogP contribution in [0.1, 0.15) is 24.5 Å². The minimum absolute atomic E-state index is 0.270. The zero-order valence-electron chi connectivity index (χ0n) is 9.85. The number of hydrogen-bond acceptors (Lipinski definition) is 3. The van der Waals surface area contributed by atoms with E-state index in [9.17, 15) is 5.11 Å². The summed E-state index contributed by atoms with van der Waals surface area (Å²) in [4.78, 5) is 2.11. The lowest BCUT2D eigenvalue weighted by molar-refractivity contribution is 0.163. The average molecular weight is 218 g/mol. The molecule has 1 aromatic carbocycles. The van der Waals surface area contributed by atoms with Crippen molar-refractivity contribution in [2.24, 2.45) is 0 Å². The van der Waals surface area contributed by atoms with Gasteiger partial charge in [-0.2, -0.15) is 5.26 Å². The maximum atomic E-state index is 9.19. The summed E-state index contributed by atoms with van der Waals surface area (Å²) >= 11 is 0. The predicted molar refractivity (Wildman–Crippen MR) is 63.8 cm³/mol. The van der Waals surface area contributed by atoms with Crippen molar-refractivity contribution >= 4 is 0 Å². The van der Waals surface area contributed by atoms with Crippen LogP contribution in [0.3, 0.4) is 0 Å². The van der Waals surface area contributed by atoms with E-state index in [1.807, 2.05) is 31.3 Å². The van der Waals surface area contributed by atoms with E-state index in [1.54, 1.807) is 6.92 Å². The third kappa shape index (κ3) is 4.01. The standard InChI is InChI=1S/C13H18N2O/c1-11(16)7-8-15(2)10-13-6-4-3-5-12(13)9-14/h3-6,11,16H,7-8,10H2,1-2H3/t11-/m1/s1. The molecular weight excluding hydrogens is 200 g/mol. The maximum Gasteiger partial charge on any atom is 0.0995 e. The largest absolute Gasteiger partial charge is 0.393 e. The summed E-state index contributed by atoms with van der Waals surface area (Å²) in [5.74, 6) is 0. The van der Waals surface area contributed by atoms with Crippen molar-refractivity contribution < 1.29 is 5.11 Å². The van der Waals surface area contributed by atoms with Crippen molar-refractivity contribution in [3.05, 3.63) is 35.4 Å². The molecule has 0 aliphatic rings. The van der Waals surface area contributed by atoms with Gasteiger partial charge in [-0.1, -0.05) is 18.2 Å². The molecule has 3 nitrogen and oxygen atoms in total. The normalized spacial score (nSPS) is 12.4. The molecule has 1 rings (SSSR count). The van der Waals surface area contributed by atoms with Crippen LogP contribution in [0.4, 0.5) is 0 Å². The topological polar surface area (TPSA) is 47.3 Å². The first-order valence-corrected chi connectivity index (χ1v) is 5.48. The van der Waals surface area contributed by atoms with E-state index in [2.05, 4.69) is 11.0 Å². The first-order chi connectivity index (χ1) is 7.63. The van der Waals surface area contributed by atoms with Gasteiger partial charge in [0.2, 0.25) is 0 Å². The van der Waals surface area contributed by atoms with E-state index in [-0.39, 0.29) is 6.10 Å². The van der Waals surface area contributed by atoms with Crippen LogP contribution >= 0.6 is 0 Å². The number of nitriles is 1. The fourth-order valence-electron chi connectivity index (χ4n) is 1.54. The molecular formula is C13H18N2O. The number of benzene rings is 1. The smallest absolute Gasteiger partial charge is 0.0995 e. The van der Waals surface area contributed by atoms with Gasteiger partial charge >= 0.3 is 0 Å². The van der Waals surface area contributed by atoms with Crippen molar-refractivity contribution in [1.29, 1.82) is 5.26 Å². The van der Waals surface area contributed by atoms with Gasteiger partial charge < -0.3 is 10.0 Å². The van der Waals surface area contributed by atoms with Gasteiger partial charge in [0.05, 0.1) is 17.7 Å². The molecule has 16 heavy (non-hydrogen) atoms. The minimum Gasteiger partial charge on any atom is -0.393 e. The van der Waals surface area contributed by atoms with Crippen LogP contribution in [-0.2, 0) is 6.54 Å². The molecule has 0 spiro atoms. The molecule has 86 valence electrons. The van der Waals surface area contributed by atoms with Gasteiger partial charge in [0.1, 0.15) is 0 Å². The fourth-order valence-corrected chi connectivity index (χ4v) is 1.54. The molecule has 0 bridgehead atoms.